The quantitative estimate of drug-likeness (QED) is 0.937. The van der Waals surface area contributed by atoms with Crippen molar-refractivity contribution in [2.75, 3.05) is 0 Å². The molecule has 1 fully saturated rings. The van der Waals surface area contributed by atoms with E-state index in [0.717, 1.165) is 24.8 Å². The maximum atomic E-state index is 12.4. The number of halogens is 3. The van der Waals surface area contributed by atoms with Gasteiger partial charge in [-0.1, -0.05) is 23.7 Å². The first kappa shape index (κ1) is 15.5. The summed E-state index contributed by atoms with van der Waals surface area (Å²) >= 11 is 0. The Balaban J connectivity index is 1.62. The van der Waals surface area contributed by atoms with Gasteiger partial charge in [0.25, 0.3) is 11.7 Å². The second kappa shape index (κ2) is 6.02. The lowest BCUT2D eigenvalue weighted by atomic mass is 9.85. The van der Waals surface area contributed by atoms with E-state index < -0.39 is 12.0 Å². The maximum absolute atomic E-state index is 12.4. The minimum Gasteiger partial charge on any atom is -0.352 e. The molecule has 5 nitrogen and oxygen atoms in total. The molecule has 2 aromatic rings. The third-order valence-electron chi connectivity index (χ3n) is 3.82. The summed E-state index contributed by atoms with van der Waals surface area (Å²) in [6.45, 7) is 0.382. The lowest BCUT2D eigenvalue weighted by molar-refractivity contribution is -0.146. The van der Waals surface area contributed by atoms with Gasteiger partial charge in [-0.05, 0) is 30.5 Å². The molecule has 1 aliphatic rings. The van der Waals surface area contributed by atoms with Crippen LogP contribution in [-0.2, 0) is 17.5 Å². The molecule has 1 aliphatic carbocycles. The predicted octanol–water partition coefficient (Wildman–Crippen LogP) is 3.17. The van der Waals surface area contributed by atoms with E-state index in [1.807, 2.05) is 0 Å². The van der Waals surface area contributed by atoms with Crippen molar-refractivity contribution in [2.45, 2.75) is 32.0 Å². The van der Waals surface area contributed by atoms with E-state index in [0.29, 0.717) is 12.1 Å². The van der Waals surface area contributed by atoms with E-state index in [-0.39, 0.29) is 17.7 Å². The molecule has 23 heavy (non-hydrogen) atoms. The number of hydrogen-bond acceptors (Lipinski definition) is 4. The Morgan fingerprint density at radius 2 is 1.96 bits per heavy atom. The largest absolute Gasteiger partial charge is 0.455 e. The number of amides is 1. The second-order valence-electron chi connectivity index (χ2n) is 5.46. The molecular formula is C15H14F3N3O2. The highest BCUT2D eigenvalue weighted by molar-refractivity contribution is 5.79. The Labute approximate surface area is 129 Å². The molecule has 0 radical (unpaired) electrons. The number of alkyl halides is 3. The average Bonchev–Trinajstić information content (AvgIpc) is 2.93. The number of hydrogen-bond donors (Lipinski definition) is 1. The monoisotopic (exact) mass is 325 g/mol. The molecule has 1 aromatic carbocycles. The molecule has 0 atom stereocenters. The van der Waals surface area contributed by atoms with Gasteiger partial charge in [0.2, 0.25) is 5.91 Å². The van der Waals surface area contributed by atoms with E-state index in [1.54, 1.807) is 24.3 Å². The molecule has 1 amide bonds. The number of nitrogens with zero attached hydrogens (tertiary/aromatic N) is 2. The molecule has 1 N–H and O–H groups in total. The van der Waals surface area contributed by atoms with Crippen molar-refractivity contribution in [3.05, 3.63) is 35.7 Å². The van der Waals surface area contributed by atoms with Gasteiger partial charge in [0.1, 0.15) is 0 Å². The first-order valence-electron chi connectivity index (χ1n) is 7.21. The van der Waals surface area contributed by atoms with E-state index in [4.69, 9.17) is 0 Å². The van der Waals surface area contributed by atoms with Crippen LogP contribution >= 0.6 is 0 Å². The van der Waals surface area contributed by atoms with Crippen molar-refractivity contribution in [1.29, 1.82) is 0 Å². The Morgan fingerprint density at radius 1 is 1.26 bits per heavy atom. The normalized spacial score (nSPS) is 15.3. The highest BCUT2D eigenvalue weighted by Gasteiger charge is 2.37. The number of carbonyl (C=O) groups is 1. The van der Waals surface area contributed by atoms with Crippen molar-refractivity contribution in [1.82, 2.24) is 15.5 Å². The molecular weight excluding hydrogens is 311 g/mol. The topological polar surface area (TPSA) is 68.0 Å². The minimum atomic E-state index is -4.63. The van der Waals surface area contributed by atoms with Gasteiger partial charge in [-0.25, -0.2) is 0 Å². The summed E-state index contributed by atoms with van der Waals surface area (Å²) in [6.07, 6.45) is -1.67. The predicted molar refractivity (Wildman–Crippen MR) is 73.9 cm³/mol. The molecule has 122 valence electrons. The first-order valence-corrected chi connectivity index (χ1v) is 7.21. The Bertz CT molecular complexity index is 691. The van der Waals surface area contributed by atoms with Crippen LogP contribution in [-0.4, -0.2) is 16.0 Å². The van der Waals surface area contributed by atoms with Gasteiger partial charge in [-0.15, -0.1) is 0 Å². The number of carbonyl (C=O) groups excluding carboxylic acids is 1. The summed E-state index contributed by atoms with van der Waals surface area (Å²) in [5, 5.41) is 5.76. The van der Waals surface area contributed by atoms with Crippen LogP contribution in [0.4, 0.5) is 13.2 Å². The average molecular weight is 325 g/mol. The number of nitrogens with one attached hydrogen (secondary N) is 1. The zero-order chi connectivity index (χ0) is 16.4. The molecule has 3 rings (SSSR count). The fraction of sp³-hybridized carbons (Fsp3) is 0.400. The van der Waals surface area contributed by atoms with Crippen LogP contribution in [0.15, 0.2) is 28.8 Å². The van der Waals surface area contributed by atoms with E-state index in [1.165, 1.54) is 0 Å². The van der Waals surface area contributed by atoms with Gasteiger partial charge in [0.05, 0.1) is 0 Å². The van der Waals surface area contributed by atoms with Crippen LogP contribution in [0, 0.1) is 5.92 Å². The van der Waals surface area contributed by atoms with Crippen LogP contribution in [0.3, 0.4) is 0 Å². The van der Waals surface area contributed by atoms with Crippen LogP contribution in [0.5, 0.6) is 0 Å². The van der Waals surface area contributed by atoms with Crippen molar-refractivity contribution < 1.29 is 22.5 Å². The van der Waals surface area contributed by atoms with Crippen molar-refractivity contribution in [3.63, 3.8) is 0 Å². The van der Waals surface area contributed by atoms with E-state index >= 15 is 0 Å². The molecule has 0 bridgehead atoms. The highest BCUT2D eigenvalue weighted by Crippen LogP contribution is 2.29. The Morgan fingerprint density at radius 3 is 2.48 bits per heavy atom. The van der Waals surface area contributed by atoms with Gasteiger partial charge in [0, 0.05) is 18.0 Å². The van der Waals surface area contributed by atoms with Gasteiger partial charge in [0.15, 0.2) is 0 Å². The van der Waals surface area contributed by atoms with Gasteiger partial charge >= 0.3 is 6.18 Å². The molecule has 0 spiro atoms. The fourth-order valence-electron chi connectivity index (χ4n) is 2.22. The fourth-order valence-corrected chi connectivity index (χ4v) is 2.22. The third kappa shape index (κ3) is 3.52. The van der Waals surface area contributed by atoms with E-state index in [9.17, 15) is 18.0 Å². The lowest BCUT2D eigenvalue weighted by Gasteiger charge is -2.24. The summed E-state index contributed by atoms with van der Waals surface area (Å²) in [5.74, 6) is -1.33. The van der Waals surface area contributed by atoms with Crippen LogP contribution in [0.1, 0.15) is 30.7 Å². The molecule has 0 saturated heterocycles. The smallest absolute Gasteiger partial charge is 0.352 e. The summed E-state index contributed by atoms with van der Waals surface area (Å²) in [6, 6.07) is 6.57. The van der Waals surface area contributed by atoms with E-state index in [2.05, 4.69) is 20.0 Å². The third-order valence-corrected chi connectivity index (χ3v) is 3.82. The Hall–Kier alpha value is -2.38. The summed E-state index contributed by atoms with van der Waals surface area (Å²) < 4.78 is 41.9. The second-order valence-corrected chi connectivity index (χ2v) is 5.46. The first-order chi connectivity index (χ1) is 10.9. The van der Waals surface area contributed by atoms with Crippen molar-refractivity contribution in [3.8, 4) is 11.5 Å². The SMILES string of the molecule is O=C(NCc1ccc(-c2nc(C(F)(F)F)no2)cc1)C1CCC1. The summed E-state index contributed by atoms with van der Waals surface area (Å²) in [4.78, 5) is 15.1. The number of aromatic nitrogens is 2. The highest BCUT2D eigenvalue weighted by atomic mass is 19.4. The van der Waals surface area contributed by atoms with Gasteiger partial charge < -0.3 is 9.84 Å². The number of benzene rings is 1. The van der Waals surface area contributed by atoms with Crippen molar-refractivity contribution >= 4 is 5.91 Å². The summed E-state index contributed by atoms with van der Waals surface area (Å²) in [7, 11) is 0. The zero-order valence-corrected chi connectivity index (χ0v) is 12.1. The molecule has 1 heterocycles. The van der Waals surface area contributed by atoms with Crippen LogP contribution < -0.4 is 5.32 Å². The van der Waals surface area contributed by atoms with Crippen molar-refractivity contribution in [2.24, 2.45) is 5.92 Å². The molecule has 0 aliphatic heterocycles. The van der Waals surface area contributed by atoms with Gasteiger partial charge in [-0.2, -0.15) is 18.2 Å². The van der Waals surface area contributed by atoms with Crippen LogP contribution in [0.2, 0.25) is 0 Å². The molecule has 0 unspecified atom stereocenters. The molecule has 1 aromatic heterocycles. The lowest BCUT2D eigenvalue weighted by Crippen LogP contribution is -2.33. The van der Waals surface area contributed by atoms with Gasteiger partial charge in [-0.3, -0.25) is 4.79 Å². The summed E-state index contributed by atoms with van der Waals surface area (Å²) in [5.41, 5.74) is 1.24. The molecule has 1 saturated carbocycles. The molecule has 8 heteroatoms. The zero-order valence-electron chi connectivity index (χ0n) is 12.1. The Kier molecular flexibility index (Phi) is 4.06. The maximum Gasteiger partial charge on any atom is 0.455 e. The standard InChI is InChI=1S/C15H14F3N3O2/c16-15(17,18)14-20-13(23-21-14)11-6-4-9(5-7-11)8-19-12(22)10-2-1-3-10/h4-7,10H,1-3,8H2,(H,19,22). The minimum absolute atomic E-state index is 0.0482. The number of rotatable bonds is 4. The van der Waals surface area contributed by atoms with Crippen LogP contribution in [0.25, 0.3) is 11.5 Å².